The second-order valence-electron chi connectivity index (χ2n) is 5.52. The lowest BCUT2D eigenvalue weighted by Crippen LogP contribution is -2.01. The number of nitrogens with one attached hydrogen (secondary N) is 1. The van der Waals surface area contributed by atoms with Gasteiger partial charge in [0.25, 0.3) is 0 Å². The molecule has 2 aromatic carbocycles. The van der Waals surface area contributed by atoms with Gasteiger partial charge in [0, 0.05) is 16.3 Å². The number of hydrogen-bond acceptors (Lipinski definition) is 2. The topological polar surface area (TPSA) is 56.6 Å². The number of rotatable bonds is 5. The molecule has 4 heteroatoms. The summed E-state index contributed by atoms with van der Waals surface area (Å²) in [7, 11) is 0. The minimum atomic E-state index is -0.106. The van der Waals surface area contributed by atoms with Crippen molar-refractivity contribution in [2.75, 3.05) is 0 Å². The molecule has 0 spiro atoms. The summed E-state index contributed by atoms with van der Waals surface area (Å²) in [4.78, 5) is 15.7. The average Bonchev–Trinajstić information content (AvgIpc) is 2.99. The number of ketones is 1. The normalized spacial score (nSPS) is 10.3. The number of aromatic amines is 1. The number of halogens is 1. The summed E-state index contributed by atoms with van der Waals surface area (Å²) in [6.07, 6.45) is 0.929. The van der Waals surface area contributed by atoms with Crippen LogP contribution in [0.3, 0.4) is 0 Å². The van der Waals surface area contributed by atoms with Gasteiger partial charge in [0.2, 0.25) is 5.78 Å². The predicted molar refractivity (Wildman–Crippen MR) is 94.2 cm³/mol. The molecule has 1 aromatic heterocycles. The molecular formula is C20H15ClN2O. The Kier molecular flexibility index (Phi) is 4.79. The first-order valence-electron chi connectivity index (χ1n) is 7.59. The summed E-state index contributed by atoms with van der Waals surface area (Å²) >= 11 is 5.87. The van der Waals surface area contributed by atoms with Crippen molar-refractivity contribution in [3.8, 4) is 6.07 Å². The van der Waals surface area contributed by atoms with E-state index in [9.17, 15) is 4.79 Å². The maximum atomic E-state index is 12.6. The van der Waals surface area contributed by atoms with Crippen LogP contribution < -0.4 is 0 Å². The van der Waals surface area contributed by atoms with Gasteiger partial charge in [0.1, 0.15) is 0 Å². The van der Waals surface area contributed by atoms with E-state index in [-0.39, 0.29) is 12.2 Å². The van der Waals surface area contributed by atoms with Crippen LogP contribution in [-0.4, -0.2) is 10.8 Å². The Labute approximate surface area is 145 Å². The fraction of sp³-hybridized carbons (Fsp3) is 0.100. The number of H-pyrrole nitrogens is 1. The molecule has 0 bridgehead atoms. The monoisotopic (exact) mass is 334 g/mol. The number of nitriles is 1. The molecule has 0 aliphatic heterocycles. The van der Waals surface area contributed by atoms with E-state index in [4.69, 9.17) is 16.9 Å². The number of benzene rings is 2. The van der Waals surface area contributed by atoms with Gasteiger partial charge in [-0.05, 0) is 47.9 Å². The molecule has 0 unspecified atom stereocenters. The highest BCUT2D eigenvalue weighted by Gasteiger charge is 2.15. The summed E-state index contributed by atoms with van der Waals surface area (Å²) in [5, 5.41) is 9.63. The van der Waals surface area contributed by atoms with E-state index >= 15 is 0 Å². The Morgan fingerprint density at radius 2 is 1.79 bits per heavy atom. The zero-order valence-corrected chi connectivity index (χ0v) is 13.7. The van der Waals surface area contributed by atoms with Crippen LogP contribution in [-0.2, 0) is 12.8 Å². The van der Waals surface area contributed by atoms with Crippen molar-refractivity contribution >= 4 is 17.4 Å². The highest BCUT2D eigenvalue weighted by atomic mass is 35.5. The van der Waals surface area contributed by atoms with Crippen LogP contribution in [0.1, 0.15) is 32.9 Å². The van der Waals surface area contributed by atoms with E-state index in [1.807, 2.05) is 36.4 Å². The van der Waals surface area contributed by atoms with Crippen LogP contribution in [0, 0.1) is 11.3 Å². The lowest BCUT2D eigenvalue weighted by molar-refractivity contribution is 0.103. The summed E-state index contributed by atoms with van der Waals surface area (Å²) in [5.74, 6) is -0.106. The minimum absolute atomic E-state index is 0.106. The first-order chi connectivity index (χ1) is 11.7. The number of nitrogens with zero attached hydrogens (tertiary/aromatic N) is 1. The van der Waals surface area contributed by atoms with Crippen molar-refractivity contribution in [3.05, 3.63) is 93.8 Å². The molecule has 0 radical (unpaired) electrons. The van der Waals surface area contributed by atoms with E-state index in [1.54, 1.807) is 24.3 Å². The van der Waals surface area contributed by atoms with E-state index in [0.717, 1.165) is 16.8 Å². The Bertz CT molecular complexity index is 890. The first kappa shape index (κ1) is 16.0. The molecule has 0 fully saturated rings. The Morgan fingerprint density at radius 3 is 2.46 bits per heavy atom. The van der Waals surface area contributed by atoms with Crippen LogP contribution in [0.25, 0.3) is 0 Å². The third-order valence-corrected chi connectivity index (χ3v) is 4.09. The largest absolute Gasteiger partial charge is 0.355 e. The van der Waals surface area contributed by atoms with Crippen molar-refractivity contribution in [2.24, 2.45) is 0 Å². The first-order valence-corrected chi connectivity index (χ1v) is 7.97. The van der Waals surface area contributed by atoms with E-state index in [1.165, 1.54) is 0 Å². The molecule has 1 heterocycles. The second-order valence-corrected chi connectivity index (χ2v) is 5.96. The van der Waals surface area contributed by atoms with Crippen LogP contribution in [0.4, 0.5) is 0 Å². The average molecular weight is 335 g/mol. The predicted octanol–water partition coefficient (Wildman–Crippen LogP) is 4.56. The number of carbonyl (C=O) groups is 1. The summed E-state index contributed by atoms with van der Waals surface area (Å²) < 4.78 is 0. The zero-order valence-electron chi connectivity index (χ0n) is 12.9. The molecule has 0 amide bonds. The number of hydrogen-bond donors (Lipinski definition) is 1. The highest BCUT2D eigenvalue weighted by Crippen LogP contribution is 2.20. The molecule has 24 heavy (non-hydrogen) atoms. The van der Waals surface area contributed by atoms with Crippen molar-refractivity contribution in [1.29, 1.82) is 5.26 Å². The third kappa shape index (κ3) is 3.56. The van der Waals surface area contributed by atoms with Crippen molar-refractivity contribution < 1.29 is 4.79 Å². The van der Waals surface area contributed by atoms with Crippen LogP contribution >= 0.6 is 11.6 Å². The molecule has 118 valence electrons. The van der Waals surface area contributed by atoms with Gasteiger partial charge < -0.3 is 4.98 Å². The van der Waals surface area contributed by atoms with Gasteiger partial charge in [0.05, 0.1) is 18.2 Å². The molecular weight excluding hydrogens is 320 g/mol. The van der Waals surface area contributed by atoms with E-state index < -0.39 is 0 Å². The number of aromatic nitrogens is 1. The molecule has 1 N–H and O–H groups in total. The fourth-order valence-corrected chi connectivity index (χ4v) is 2.76. The lowest BCUT2D eigenvalue weighted by atomic mass is 10.0. The Hall–Kier alpha value is -2.83. The quantitative estimate of drug-likeness (QED) is 0.695. The standard InChI is InChI=1S/C20H15ClN2O/c21-17-8-6-15(7-9-17)20(24)19-13-16(18(23-19)10-11-22)12-14-4-2-1-3-5-14/h1-9,13,23H,10,12H2. The zero-order chi connectivity index (χ0) is 16.9. The van der Waals surface area contributed by atoms with Gasteiger partial charge in [-0.15, -0.1) is 0 Å². The van der Waals surface area contributed by atoms with E-state index in [2.05, 4.69) is 11.1 Å². The molecule has 3 aromatic rings. The Morgan fingerprint density at radius 1 is 1.08 bits per heavy atom. The van der Waals surface area contributed by atoms with Gasteiger partial charge in [0.15, 0.2) is 0 Å². The van der Waals surface area contributed by atoms with Gasteiger partial charge in [-0.2, -0.15) is 5.26 Å². The molecule has 0 atom stereocenters. The highest BCUT2D eigenvalue weighted by molar-refractivity contribution is 6.30. The van der Waals surface area contributed by atoms with Crippen molar-refractivity contribution in [3.63, 3.8) is 0 Å². The van der Waals surface area contributed by atoms with Gasteiger partial charge in [-0.3, -0.25) is 4.79 Å². The molecule has 0 saturated heterocycles. The fourth-order valence-electron chi connectivity index (χ4n) is 2.63. The summed E-state index contributed by atoms with van der Waals surface area (Å²) in [6, 6.07) is 20.8. The van der Waals surface area contributed by atoms with Crippen LogP contribution in [0.15, 0.2) is 60.7 Å². The smallest absolute Gasteiger partial charge is 0.209 e. The molecule has 0 aliphatic rings. The molecule has 0 saturated carbocycles. The second kappa shape index (κ2) is 7.16. The maximum Gasteiger partial charge on any atom is 0.209 e. The Balaban J connectivity index is 1.92. The molecule has 3 rings (SSSR count). The van der Waals surface area contributed by atoms with Gasteiger partial charge in [-0.25, -0.2) is 0 Å². The SMILES string of the molecule is N#CCc1[nH]c(C(=O)c2ccc(Cl)cc2)cc1Cc1ccccc1. The van der Waals surface area contributed by atoms with Crippen molar-refractivity contribution in [1.82, 2.24) is 4.98 Å². The molecule has 0 aliphatic carbocycles. The maximum absolute atomic E-state index is 12.6. The summed E-state index contributed by atoms with van der Waals surface area (Å²) in [5.41, 5.74) is 3.96. The van der Waals surface area contributed by atoms with Gasteiger partial charge >= 0.3 is 0 Å². The lowest BCUT2D eigenvalue weighted by Gasteiger charge is -2.00. The van der Waals surface area contributed by atoms with Gasteiger partial charge in [-0.1, -0.05) is 41.9 Å². The number of carbonyl (C=O) groups excluding carboxylic acids is 1. The van der Waals surface area contributed by atoms with Crippen LogP contribution in [0.2, 0.25) is 5.02 Å². The van der Waals surface area contributed by atoms with E-state index in [0.29, 0.717) is 22.7 Å². The minimum Gasteiger partial charge on any atom is -0.355 e. The third-order valence-electron chi connectivity index (χ3n) is 3.84. The molecule has 3 nitrogen and oxygen atoms in total. The van der Waals surface area contributed by atoms with Crippen LogP contribution in [0.5, 0.6) is 0 Å². The summed E-state index contributed by atoms with van der Waals surface area (Å²) in [6.45, 7) is 0. The van der Waals surface area contributed by atoms with Crippen molar-refractivity contribution in [2.45, 2.75) is 12.8 Å².